The lowest BCUT2D eigenvalue weighted by molar-refractivity contribution is 0.272. The van der Waals surface area contributed by atoms with E-state index in [-0.39, 0.29) is 0 Å². The standard InChI is InChI=1S/C14H16N2O/c1-4-11-6-5-7-12-8-17-14-9(2)15-10(3)16(14)13(11)12/h5-7H,4,8H2,1-3H3. The second kappa shape index (κ2) is 3.62. The molecule has 0 bridgehead atoms. The zero-order valence-corrected chi connectivity index (χ0v) is 10.4. The van der Waals surface area contributed by atoms with E-state index in [1.807, 2.05) is 13.8 Å². The highest BCUT2D eigenvalue weighted by Gasteiger charge is 2.23. The number of aromatic nitrogens is 2. The van der Waals surface area contributed by atoms with E-state index >= 15 is 0 Å². The minimum atomic E-state index is 0.648. The topological polar surface area (TPSA) is 27.1 Å². The molecule has 2 heterocycles. The van der Waals surface area contributed by atoms with Crippen molar-refractivity contribution in [1.82, 2.24) is 9.55 Å². The Labute approximate surface area is 101 Å². The zero-order chi connectivity index (χ0) is 12.0. The van der Waals surface area contributed by atoms with Crippen molar-refractivity contribution in [1.29, 1.82) is 0 Å². The number of fused-ring (bicyclic) bond motifs is 3. The maximum atomic E-state index is 5.80. The molecule has 1 aromatic carbocycles. The van der Waals surface area contributed by atoms with E-state index in [0.29, 0.717) is 6.61 Å². The highest BCUT2D eigenvalue weighted by molar-refractivity contribution is 5.53. The Morgan fingerprint density at radius 3 is 2.94 bits per heavy atom. The van der Waals surface area contributed by atoms with Crippen LogP contribution in [0.3, 0.4) is 0 Å². The number of hydrogen-bond acceptors (Lipinski definition) is 2. The van der Waals surface area contributed by atoms with Crippen molar-refractivity contribution in [2.75, 3.05) is 0 Å². The fourth-order valence-corrected chi connectivity index (χ4v) is 2.56. The highest BCUT2D eigenvalue weighted by Crippen LogP contribution is 2.34. The quantitative estimate of drug-likeness (QED) is 0.750. The summed E-state index contributed by atoms with van der Waals surface area (Å²) >= 11 is 0. The molecule has 1 aliphatic heterocycles. The van der Waals surface area contributed by atoms with Crippen LogP contribution in [-0.4, -0.2) is 9.55 Å². The van der Waals surface area contributed by atoms with Crippen molar-refractivity contribution in [2.24, 2.45) is 0 Å². The molecule has 2 aromatic rings. The number of para-hydroxylation sites is 1. The third-order valence-corrected chi connectivity index (χ3v) is 3.34. The first-order valence-electron chi connectivity index (χ1n) is 6.02. The monoisotopic (exact) mass is 228 g/mol. The normalized spacial score (nSPS) is 12.9. The number of ether oxygens (including phenoxy) is 1. The molecule has 0 unspecified atom stereocenters. The molecule has 0 spiro atoms. The van der Waals surface area contributed by atoms with E-state index in [9.17, 15) is 0 Å². The van der Waals surface area contributed by atoms with Crippen LogP contribution in [0.2, 0.25) is 0 Å². The first-order chi connectivity index (χ1) is 8.22. The van der Waals surface area contributed by atoms with E-state index in [1.165, 1.54) is 16.8 Å². The average Bonchev–Trinajstić information content (AvgIpc) is 2.64. The van der Waals surface area contributed by atoms with Crippen LogP contribution >= 0.6 is 0 Å². The Bertz CT molecular complexity index is 570. The van der Waals surface area contributed by atoms with Gasteiger partial charge < -0.3 is 4.74 Å². The van der Waals surface area contributed by atoms with Crippen LogP contribution in [0.1, 0.15) is 29.6 Å². The molecule has 3 rings (SSSR count). The molecular formula is C14H16N2O. The van der Waals surface area contributed by atoms with Crippen LogP contribution in [0.5, 0.6) is 5.88 Å². The summed E-state index contributed by atoms with van der Waals surface area (Å²) < 4.78 is 7.95. The summed E-state index contributed by atoms with van der Waals surface area (Å²) in [4.78, 5) is 4.50. The maximum Gasteiger partial charge on any atom is 0.221 e. The molecule has 0 N–H and O–H groups in total. The maximum absolute atomic E-state index is 5.80. The number of hydrogen-bond donors (Lipinski definition) is 0. The Balaban J connectivity index is 2.34. The summed E-state index contributed by atoms with van der Waals surface area (Å²) in [6.45, 7) is 6.86. The number of aryl methyl sites for hydroxylation is 3. The van der Waals surface area contributed by atoms with Crippen molar-refractivity contribution < 1.29 is 4.74 Å². The molecule has 0 saturated heterocycles. The van der Waals surface area contributed by atoms with E-state index < -0.39 is 0 Å². The lowest BCUT2D eigenvalue weighted by Crippen LogP contribution is -2.15. The van der Waals surface area contributed by atoms with Gasteiger partial charge in [0.1, 0.15) is 12.4 Å². The van der Waals surface area contributed by atoms with Gasteiger partial charge in [-0.2, -0.15) is 0 Å². The van der Waals surface area contributed by atoms with Crippen LogP contribution in [0.15, 0.2) is 18.2 Å². The first kappa shape index (κ1) is 10.4. The van der Waals surface area contributed by atoms with Gasteiger partial charge in [-0.05, 0) is 25.8 Å². The summed E-state index contributed by atoms with van der Waals surface area (Å²) in [7, 11) is 0. The first-order valence-corrected chi connectivity index (χ1v) is 6.02. The highest BCUT2D eigenvalue weighted by atomic mass is 16.5. The molecule has 3 heteroatoms. The van der Waals surface area contributed by atoms with Gasteiger partial charge in [0.25, 0.3) is 0 Å². The summed E-state index contributed by atoms with van der Waals surface area (Å²) in [5, 5.41) is 0. The van der Waals surface area contributed by atoms with Gasteiger partial charge in [0.05, 0.1) is 11.4 Å². The molecule has 88 valence electrons. The van der Waals surface area contributed by atoms with Crippen molar-refractivity contribution in [3.8, 4) is 11.6 Å². The summed E-state index contributed by atoms with van der Waals surface area (Å²) in [5.41, 5.74) is 4.85. The van der Waals surface area contributed by atoms with E-state index in [0.717, 1.165) is 23.8 Å². The molecule has 0 saturated carbocycles. The lowest BCUT2D eigenvalue weighted by Gasteiger charge is -2.23. The second-order valence-electron chi connectivity index (χ2n) is 4.45. The summed E-state index contributed by atoms with van der Waals surface area (Å²) in [5.74, 6) is 1.90. The summed E-state index contributed by atoms with van der Waals surface area (Å²) in [6.07, 6.45) is 1.03. The number of benzene rings is 1. The van der Waals surface area contributed by atoms with Gasteiger partial charge in [0, 0.05) is 5.56 Å². The van der Waals surface area contributed by atoms with E-state index in [4.69, 9.17) is 4.74 Å². The third kappa shape index (κ3) is 1.38. The zero-order valence-electron chi connectivity index (χ0n) is 10.4. The van der Waals surface area contributed by atoms with Gasteiger partial charge in [0.15, 0.2) is 0 Å². The fourth-order valence-electron chi connectivity index (χ4n) is 2.56. The third-order valence-electron chi connectivity index (χ3n) is 3.34. The van der Waals surface area contributed by atoms with Crippen molar-refractivity contribution >= 4 is 0 Å². The van der Waals surface area contributed by atoms with Gasteiger partial charge in [-0.25, -0.2) is 4.98 Å². The Kier molecular flexibility index (Phi) is 2.21. The SMILES string of the molecule is CCc1cccc2c1-n1c(C)nc(C)c1OC2. The predicted octanol–water partition coefficient (Wildman–Crippen LogP) is 2.94. The molecule has 0 atom stereocenters. The smallest absolute Gasteiger partial charge is 0.221 e. The number of nitrogens with zero attached hydrogens (tertiary/aromatic N) is 2. The number of imidazole rings is 1. The minimum absolute atomic E-state index is 0.648. The molecule has 1 aliphatic rings. The van der Waals surface area contributed by atoms with Gasteiger partial charge in [0.2, 0.25) is 5.88 Å². The van der Waals surface area contributed by atoms with Crippen molar-refractivity contribution in [2.45, 2.75) is 33.8 Å². The second-order valence-corrected chi connectivity index (χ2v) is 4.45. The average molecular weight is 228 g/mol. The van der Waals surface area contributed by atoms with Crippen LogP contribution in [0, 0.1) is 13.8 Å². The van der Waals surface area contributed by atoms with Gasteiger partial charge in [-0.3, -0.25) is 4.57 Å². The summed E-state index contributed by atoms with van der Waals surface area (Å²) in [6, 6.07) is 6.42. The number of rotatable bonds is 1. The van der Waals surface area contributed by atoms with Gasteiger partial charge in [-0.15, -0.1) is 0 Å². The Morgan fingerprint density at radius 2 is 2.18 bits per heavy atom. The molecule has 0 radical (unpaired) electrons. The molecule has 1 aromatic heterocycles. The molecular weight excluding hydrogens is 212 g/mol. The Morgan fingerprint density at radius 1 is 1.35 bits per heavy atom. The minimum Gasteiger partial charge on any atom is -0.472 e. The molecule has 0 aliphatic carbocycles. The molecule has 17 heavy (non-hydrogen) atoms. The van der Waals surface area contributed by atoms with Crippen LogP contribution < -0.4 is 4.74 Å². The van der Waals surface area contributed by atoms with E-state index in [1.54, 1.807) is 0 Å². The van der Waals surface area contributed by atoms with Gasteiger partial charge >= 0.3 is 0 Å². The lowest BCUT2D eigenvalue weighted by atomic mass is 10.0. The molecule has 3 nitrogen and oxygen atoms in total. The molecule has 0 fully saturated rings. The van der Waals surface area contributed by atoms with Crippen LogP contribution in [0.4, 0.5) is 0 Å². The Hall–Kier alpha value is -1.77. The largest absolute Gasteiger partial charge is 0.472 e. The molecule has 0 amide bonds. The van der Waals surface area contributed by atoms with Gasteiger partial charge in [-0.1, -0.05) is 25.1 Å². The van der Waals surface area contributed by atoms with E-state index in [2.05, 4.69) is 34.7 Å². The van der Waals surface area contributed by atoms with Crippen LogP contribution in [-0.2, 0) is 13.0 Å². The predicted molar refractivity (Wildman–Crippen MR) is 66.7 cm³/mol. The van der Waals surface area contributed by atoms with Crippen molar-refractivity contribution in [3.05, 3.63) is 40.8 Å². The fraction of sp³-hybridized carbons (Fsp3) is 0.357. The van der Waals surface area contributed by atoms with Crippen molar-refractivity contribution in [3.63, 3.8) is 0 Å². The van der Waals surface area contributed by atoms with Crippen LogP contribution in [0.25, 0.3) is 5.69 Å².